The fraction of sp³-hybridized carbons (Fsp3) is 0.143. The van der Waals surface area contributed by atoms with Crippen LogP contribution < -0.4 is 4.74 Å². The van der Waals surface area contributed by atoms with Crippen LogP contribution in [0.25, 0.3) is 10.9 Å². The Bertz CT molecular complexity index is 1310. The minimum atomic E-state index is -3.66. The highest BCUT2D eigenvalue weighted by molar-refractivity contribution is 7.86. The topological polar surface area (TPSA) is 122 Å². The van der Waals surface area contributed by atoms with Crippen LogP contribution in [0.1, 0.15) is 26.5 Å². The summed E-state index contributed by atoms with van der Waals surface area (Å²) in [5.74, 6) is 3.43. The molecular weight excluding hydrogens is 424 g/mol. The van der Waals surface area contributed by atoms with Crippen LogP contribution in [0.5, 0.6) is 5.75 Å². The maximum atomic E-state index is 12.6. The van der Waals surface area contributed by atoms with Gasteiger partial charge in [0.1, 0.15) is 17.8 Å². The number of methoxy groups -OCH3 is 1. The molecular formula is C21H16N2O7S. The molecule has 0 aliphatic heterocycles. The third-order valence-electron chi connectivity index (χ3n) is 3.85. The quantitative estimate of drug-likeness (QED) is 0.333. The van der Waals surface area contributed by atoms with Crippen LogP contribution in [0.4, 0.5) is 0 Å². The van der Waals surface area contributed by atoms with Crippen molar-refractivity contribution in [2.45, 2.75) is 0 Å². The summed E-state index contributed by atoms with van der Waals surface area (Å²) in [6, 6.07) is 11.4. The van der Waals surface area contributed by atoms with Gasteiger partial charge in [0.25, 0.3) is 10.1 Å². The second kappa shape index (κ2) is 9.34. The molecule has 0 fully saturated rings. The zero-order valence-corrected chi connectivity index (χ0v) is 17.3. The van der Waals surface area contributed by atoms with E-state index in [0.29, 0.717) is 5.39 Å². The fourth-order valence-corrected chi connectivity index (χ4v) is 2.79. The van der Waals surface area contributed by atoms with Crippen molar-refractivity contribution in [3.8, 4) is 17.6 Å². The molecule has 0 aliphatic carbocycles. The van der Waals surface area contributed by atoms with E-state index in [2.05, 4.69) is 26.0 Å². The lowest BCUT2D eigenvalue weighted by Crippen LogP contribution is -2.15. The number of pyridine rings is 2. The number of hydrogen-bond acceptors (Lipinski definition) is 9. The molecule has 0 spiro atoms. The zero-order chi connectivity index (χ0) is 22.4. The van der Waals surface area contributed by atoms with Crippen LogP contribution in [0.15, 0.2) is 48.7 Å². The first-order valence-corrected chi connectivity index (χ1v) is 10.6. The SMILES string of the molecule is COC(=O)c1nc(C#CCOS(C)(=O)=O)c2cccnc2c1OC(=O)c1ccccc1. The molecule has 9 nitrogen and oxygen atoms in total. The van der Waals surface area contributed by atoms with Crippen LogP contribution in [0.3, 0.4) is 0 Å². The van der Waals surface area contributed by atoms with Gasteiger partial charge in [0.05, 0.1) is 18.9 Å². The lowest BCUT2D eigenvalue weighted by molar-refractivity contribution is 0.0586. The van der Waals surface area contributed by atoms with Crippen LogP contribution in [0, 0.1) is 11.8 Å². The van der Waals surface area contributed by atoms with Gasteiger partial charge in [-0.15, -0.1) is 0 Å². The molecule has 2 aromatic heterocycles. The van der Waals surface area contributed by atoms with Gasteiger partial charge in [-0.1, -0.05) is 24.1 Å². The number of fused-ring (bicyclic) bond motifs is 1. The number of aromatic nitrogens is 2. The van der Waals surface area contributed by atoms with E-state index in [0.717, 1.165) is 13.4 Å². The minimum absolute atomic E-state index is 0.111. The van der Waals surface area contributed by atoms with E-state index in [9.17, 15) is 18.0 Å². The first-order chi connectivity index (χ1) is 14.8. The molecule has 2 heterocycles. The largest absolute Gasteiger partial charge is 0.464 e. The number of carbonyl (C=O) groups excluding carboxylic acids is 2. The molecule has 10 heteroatoms. The average Bonchev–Trinajstić information content (AvgIpc) is 2.77. The molecule has 0 unspecified atom stereocenters. The van der Waals surface area contributed by atoms with Crippen molar-refractivity contribution in [2.24, 2.45) is 0 Å². The molecule has 3 aromatic rings. The standard InChI is InChI=1S/C21H16N2O7S/c1-28-21(25)18-19(30-20(24)14-8-4-3-5-9-14)17-15(10-6-12-22-17)16(23-18)11-7-13-29-31(2,26)27/h3-6,8-10,12H,13H2,1-2H3. The lowest BCUT2D eigenvalue weighted by Gasteiger charge is -2.12. The Morgan fingerprint density at radius 2 is 1.81 bits per heavy atom. The van der Waals surface area contributed by atoms with E-state index in [4.69, 9.17) is 9.47 Å². The number of nitrogens with zero attached hydrogens (tertiary/aromatic N) is 2. The Kier molecular flexibility index (Phi) is 6.59. The predicted octanol–water partition coefficient (Wildman–Crippen LogP) is 1.96. The second-order valence-electron chi connectivity index (χ2n) is 6.05. The summed E-state index contributed by atoms with van der Waals surface area (Å²) in [4.78, 5) is 33.3. The summed E-state index contributed by atoms with van der Waals surface area (Å²) in [6.07, 6.45) is 2.35. The molecule has 31 heavy (non-hydrogen) atoms. The monoisotopic (exact) mass is 440 g/mol. The summed E-state index contributed by atoms with van der Waals surface area (Å²) in [6.45, 7) is -0.402. The minimum Gasteiger partial charge on any atom is -0.464 e. The van der Waals surface area contributed by atoms with E-state index >= 15 is 0 Å². The summed E-state index contributed by atoms with van der Waals surface area (Å²) in [5.41, 5.74) is 0.242. The van der Waals surface area contributed by atoms with Crippen molar-refractivity contribution in [1.82, 2.24) is 9.97 Å². The molecule has 1 aromatic carbocycles. The molecule has 0 amide bonds. The molecule has 0 atom stereocenters. The number of carbonyl (C=O) groups is 2. The Morgan fingerprint density at radius 3 is 2.48 bits per heavy atom. The summed E-state index contributed by atoms with van der Waals surface area (Å²) in [7, 11) is -2.51. The third-order valence-corrected chi connectivity index (χ3v) is 4.40. The van der Waals surface area contributed by atoms with E-state index in [1.165, 1.54) is 6.20 Å². The summed E-state index contributed by atoms with van der Waals surface area (Å²) >= 11 is 0. The molecule has 0 saturated heterocycles. The van der Waals surface area contributed by atoms with Crippen LogP contribution in [0.2, 0.25) is 0 Å². The molecule has 0 bridgehead atoms. The van der Waals surface area contributed by atoms with Gasteiger partial charge in [-0.2, -0.15) is 8.42 Å². The van der Waals surface area contributed by atoms with Gasteiger partial charge in [-0.05, 0) is 30.2 Å². The van der Waals surface area contributed by atoms with Gasteiger partial charge in [0, 0.05) is 11.6 Å². The molecule has 3 rings (SSSR count). The number of ether oxygens (including phenoxy) is 2. The maximum Gasteiger partial charge on any atom is 0.360 e. The van der Waals surface area contributed by atoms with Gasteiger partial charge in [-0.3, -0.25) is 9.17 Å². The summed E-state index contributed by atoms with van der Waals surface area (Å²) in [5, 5.41) is 0.387. The lowest BCUT2D eigenvalue weighted by atomic mass is 10.1. The number of hydrogen-bond donors (Lipinski definition) is 0. The predicted molar refractivity (Wildman–Crippen MR) is 110 cm³/mol. The summed E-state index contributed by atoms with van der Waals surface area (Å²) < 4.78 is 37.0. The van der Waals surface area contributed by atoms with E-state index in [1.54, 1.807) is 42.5 Å². The Morgan fingerprint density at radius 1 is 1.06 bits per heavy atom. The molecule has 0 saturated carbocycles. The van der Waals surface area contributed by atoms with Crippen molar-refractivity contribution in [2.75, 3.05) is 20.0 Å². The highest BCUT2D eigenvalue weighted by Gasteiger charge is 2.24. The fourth-order valence-electron chi connectivity index (χ4n) is 2.52. The van der Waals surface area contributed by atoms with Gasteiger partial charge in [-0.25, -0.2) is 14.6 Å². The first kappa shape index (κ1) is 21.9. The van der Waals surface area contributed by atoms with Crippen LogP contribution >= 0.6 is 0 Å². The average molecular weight is 440 g/mol. The van der Waals surface area contributed by atoms with E-state index in [1.807, 2.05) is 0 Å². The van der Waals surface area contributed by atoms with Gasteiger partial charge >= 0.3 is 11.9 Å². The smallest absolute Gasteiger partial charge is 0.360 e. The third kappa shape index (κ3) is 5.42. The number of esters is 2. The Balaban J connectivity index is 2.11. The van der Waals surface area contributed by atoms with E-state index < -0.39 is 28.7 Å². The highest BCUT2D eigenvalue weighted by atomic mass is 32.2. The van der Waals surface area contributed by atoms with Gasteiger partial charge in [0.2, 0.25) is 0 Å². The molecule has 0 N–H and O–H groups in total. The van der Waals surface area contributed by atoms with Crippen molar-refractivity contribution in [1.29, 1.82) is 0 Å². The van der Waals surface area contributed by atoms with Gasteiger partial charge in [0.15, 0.2) is 11.4 Å². The second-order valence-corrected chi connectivity index (χ2v) is 7.70. The van der Waals surface area contributed by atoms with Crippen molar-refractivity contribution >= 4 is 33.0 Å². The highest BCUT2D eigenvalue weighted by Crippen LogP contribution is 2.30. The van der Waals surface area contributed by atoms with Crippen LogP contribution in [-0.4, -0.2) is 50.3 Å². The zero-order valence-electron chi connectivity index (χ0n) is 16.5. The van der Waals surface area contributed by atoms with Gasteiger partial charge < -0.3 is 9.47 Å². The van der Waals surface area contributed by atoms with Crippen molar-refractivity contribution in [3.05, 3.63) is 65.6 Å². The van der Waals surface area contributed by atoms with E-state index in [-0.39, 0.29) is 28.2 Å². The van der Waals surface area contributed by atoms with Crippen LogP contribution in [-0.2, 0) is 19.0 Å². The molecule has 158 valence electrons. The Hall–Kier alpha value is -3.81. The molecule has 0 aliphatic rings. The Labute approximate surface area is 178 Å². The van der Waals surface area contributed by atoms with Crippen molar-refractivity contribution in [3.63, 3.8) is 0 Å². The molecule has 0 radical (unpaired) electrons. The number of rotatable bonds is 5. The first-order valence-electron chi connectivity index (χ1n) is 8.77. The van der Waals surface area contributed by atoms with Crippen molar-refractivity contribution < 1.29 is 31.7 Å². The normalized spacial score (nSPS) is 10.8. The number of benzene rings is 1. The maximum absolute atomic E-state index is 12.6.